The Morgan fingerprint density at radius 3 is 1.41 bits per heavy atom. The highest BCUT2D eigenvalue weighted by atomic mass is 31.2. The molecule has 0 amide bonds. The summed E-state index contributed by atoms with van der Waals surface area (Å²) in [6.45, 7) is -0.00146. The maximum absolute atomic E-state index is 11.0. The molecule has 0 radical (unpaired) electrons. The molecule has 4 nitrogen and oxygen atoms in total. The second-order valence-electron chi connectivity index (χ2n) is 6.43. The van der Waals surface area contributed by atoms with E-state index in [0.717, 1.165) is 16.7 Å². The van der Waals surface area contributed by atoms with E-state index in [1.807, 2.05) is 54.6 Å². The molecule has 0 bridgehead atoms. The third-order valence-electron chi connectivity index (χ3n) is 4.76. The van der Waals surface area contributed by atoms with Crippen LogP contribution in [0.2, 0.25) is 0 Å². The SMILES string of the molecule is O=P(O)(O)OCCCC(c1ccccc1)(c1ccccc1)c1ccccc1. The number of phosphoric acid groups is 1. The van der Waals surface area contributed by atoms with Gasteiger partial charge in [-0.2, -0.15) is 0 Å². The van der Waals surface area contributed by atoms with Crippen LogP contribution in [0.4, 0.5) is 0 Å². The van der Waals surface area contributed by atoms with Crippen LogP contribution in [-0.4, -0.2) is 16.4 Å². The lowest BCUT2D eigenvalue weighted by Crippen LogP contribution is -2.30. The standard InChI is InChI=1S/C22H23O4P/c23-27(24,25)26-18-10-17-22(19-11-4-1-5-12-19,20-13-6-2-7-14-20)21-15-8-3-9-16-21/h1-9,11-16H,10,17-18H2,(H2,23,24,25). The first-order valence-electron chi connectivity index (χ1n) is 8.89. The van der Waals surface area contributed by atoms with Crippen LogP contribution < -0.4 is 0 Å². The highest BCUT2D eigenvalue weighted by molar-refractivity contribution is 7.46. The van der Waals surface area contributed by atoms with Gasteiger partial charge in [-0.05, 0) is 29.5 Å². The Balaban J connectivity index is 2.07. The van der Waals surface area contributed by atoms with Crippen molar-refractivity contribution in [1.29, 1.82) is 0 Å². The van der Waals surface area contributed by atoms with Gasteiger partial charge in [0, 0.05) is 5.41 Å². The van der Waals surface area contributed by atoms with Gasteiger partial charge >= 0.3 is 7.82 Å². The Morgan fingerprint density at radius 2 is 1.07 bits per heavy atom. The zero-order valence-corrected chi connectivity index (χ0v) is 15.8. The Kier molecular flexibility index (Phi) is 6.25. The van der Waals surface area contributed by atoms with E-state index in [0.29, 0.717) is 12.8 Å². The van der Waals surface area contributed by atoms with E-state index in [4.69, 9.17) is 14.3 Å². The van der Waals surface area contributed by atoms with Crippen LogP contribution >= 0.6 is 7.82 Å². The van der Waals surface area contributed by atoms with Gasteiger partial charge in [0.15, 0.2) is 0 Å². The second-order valence-corrected chi connectivity index (χ2v) is 7.67. The fourth-order valence-electron chi connectivity index (χ4n) is 3.62. The largest absolute Gasteiger partial charge is 0.469 e. The van der Waals surface area contributed by atoms with Gasteiger partial charge in [-0.3, -0.25) is 4.52 Å². The van der Waals surface area contributed by atoms with Gasteiger partial charge in [-0.1, -0.05) is 91.0 Å². The number of hydrogen-bond donors (Lipinski definition) is 2. The molecule has 27 heavy (non-hydrogen) atoms. The van der Waals surface area contributed by atoms with Crippen LogP contribution in [0.15, 0.2) is 91.0 Å². The zero-order valence-electron chi connectivity index (χ0n) is 14.9. The minimum Gasteiger partial charge on any atom is -0.303 e. The molecule has 3 aromatic rings. The maximum Gasteiger partial charge on any atom is 0.469 e. The molecule has 0 unspecified atom stereocenters. The van der Waals surface area contributed by atoms with E-state index in [2.05, 4.69) is 36.4 Å². The highest BCUT2D eigenvalue weighted by Gasteiger charge is 2.35. The summed E-state index contributed by atoms with van der Waals surface area (Å²) in [7, 11) is -4.46. The number of benzene rings is 3. The third kappa shape index (κ3) is 4.74. The molecule has 0 saturated heterocycles. The van der Waals surface area contributed by atoms with E-state index >= 15 is 0 Å². The van der Waals surface area contributed by atoms with Gasteiger partial charge in [-0.25, -0.2) is 4.57 Å². The normalized spacial score (nSPS) is 12.1. The van der Waals surface area contributed by atoms with Crippen LogP contribution in [0.1, 0.15) is 29.5 Å². The van der Waals surface area contributed by atoms with Gasteiger partial charge in [0.2, 0.25) is 0 Å². The second kappa shape index (κ2) is 8.64. The fraction of sp³-hybridized carbons (Fsp3) is 0.182. The van der Waals surface area contributed by atoms with Gasteiger partial charge in [0.1, 0.15) is 0 Å². The summed E-state index contributed by atoms with van der Waals surface area (Å²) < 4.78 is 15.7. The van der Waals surface area contributed by atoms with Crippen molar-refractivity contribution in [3.05, 3.63) is 108 Å². The summed E-state index contributed by atoms with van der Waals surface area (Å²) >= 11 is 0. The lowest BCUT2D eigenvalue weighted by molar-refractivity contribution is 0.191. The molecule has 0 spiro atoms. The predicted octanol–water partition coefficient (Wildman–Crippen LogP) is 4.91. The molecule has 140 valence electrons. The van der Waals surface area contributed by atoms with Gasteiger partial charge in [0.25, 0.3) is 0 Å². The van der Waals surface area contributed by atoms with Crippen molar-refractivity contribution in [2.75, 3.05) is 6.61 Å². The summed E-state index contributed by atoms with van der Waals surface area (Å²) in [5.41, 5.74) is 2.98. The molecule has 3 rings (SSSR count). The molecule has 0 saturated carbocycles. The number of hydrogen-bond acceptors (Lipinski definition) is 2. The topological polar surface area (TPSA) is 66.8 Å². The monoisotopic (exact) mass is 382 g/mol. The van der Waals surface area contributed by atoms with Crippen molar-refractivity contribution in [3.63, 3.8) is 0 Å². The first-order chi connectivity index (χ1) is 13.0. The van der Waals surface area contributed by atoms with Crippen molar-refractivity contribution in [2.24, 2.45) is 0 Å². The van der Waals surface area contributed by atoms with Crippen molar-refractivity contribution in [1.82, 2.24) is 0 Å². The molecule has 0 aliphatic rings. The predicted molar refractivity (Wildman–Crippen MR) is 106 cm³/mol. The Labute approximate surface area is 159 Å². The van der Waals surface area contributed by atoms with Crippen molar-refractivity contribution in [2.45, 2.75) is 18.3 Å². The minimum atomic E-state index is -4.46. The van der Waals surface area contributed by atoms with E-state index in [-0.39, 0.29) is 6.61 Å². The number of rotatable bonds is 8. The van der Waals surface area contributed by atoms with E-state index < -0.39 is 13.2 Å². The van der Waals surface area contributed by atoms with Crippen molar-refractivity contribution in [3.8, 4) is 0 Å². The van der Waals surface area contributed by atoms with Crippen molar-refractivity contribution < 1.29 is 18.9 Å². The van der Waals surface area contributed by atoms with Crippen LogP contribution in [0.5, 0.6) is 0 Å². The van der Waals surface area contributed by atoms with E-state index in [1.54, 1.807) is 0 Å². The molecule has 3 aromatic carbocycles. The Bertz CT molecular complexity index is 779. The molecule has 2 N–H and O–H groups in total. The maximum atomic E-state index is 11.0. The molecule has 0 aliphatic carbocycles. The molecule has 0 atom stereocenters. The van der Waals surface area contributed by atoms with Crippen LogP contribution in [0.25, 0.3) is 0 Å². The average Bonchev–Trinajstić information content (AvgIpc) is 2.70. The lowest BCUT2D eigenvalue weighted by atomic mass is 9.67. The van der Waals surface area contributed by atoms with Crippen LogP contribution in [-0.2, 0) is 14.5 Å². The van der Waals surface area contributed by atoms with Crippen LogP contribution in [0, 0.1) is 0 Å². The lowest BCUT2D eigenvalue weighted by Gasteiger charge is -2.36. The van der Waals surface area contributed by atoms with Crippen molar-refractivity contribution >= 4 is 7.82 Å². The minimum absolute atomic E-state index is 0.00146. The molecule has 5 heteroatoms. The smallest absolute Gasteiger partial charge is 0.303 e. The molecule has 0 fully saturated rings. The zero-order chi connectivity index (χ0) is 19.2. The molecular formula is C22H23O4P. The van der Waals surface area contributed by atoms with Gasteiger partial charge in [0.05, 0.1) is 6.61 Å². The summed E-state index contributed by atoms with van der Waals surface area (Å²) in [4.78, 5) is 18.0. The first-order valence-corrected chi connectivity index (χ1v) is 10.4. The molecular weight excluding hydrogens is 359 g/mol. The molecule has 0 aliphatic heterocycles. The Hall–Kier alpha value is -2.23. The van der Waals surface area contributed by atoms with Crippen LogP contribution in [0.3, 0.4) is 0 Å². The van der Waals surface area contributed by atoms with Gasteiger partial charge < -0.3 is 9.79 Å². The van der Waals surface area contributed by atoms with E-state index in [1.165, 1.54) is 0 Å². The fourth-order valence-corrected chi connectivity index (χ4v) is 3.99. The average molecular weight is 382 g/mol. The third-order valence-corrected chi connectivity index (χ3v) is 5.27. The van der Waals surface area contributed by atoms with Gasteiger partial charge in [-0.15, -0.1) is 0 Å². The summed E-state index contributed by atoms with van der Waals surface area (Å²) in [5, 5.41) is 0. The first kappa shape index (κ1) is 19.5. The summed E-state index contributed by atoms with van der Waals surface area (Å²) in [5.74, 6) is 0. The molecule has 0 heterocycles. The quantitative estimate of drug-likeness (QED) is 0.330. The van der Waals surface area contributed by atoms with E-state index in [9.17, 15) is 4.57 Å². The number of phosphoric ester groups is 1. The summed E-state index contributed by atoms with van der Waals surface area (Å²) in [6.07, 6.45) is 1.16. The Morgan fingerprint density at radius 1 is 0.704 bits per heavy atom. The summed E-state index contributed by atoms with van der Waals surface area (Å²) in [6, 6.07) is 30.7. The molecule has 0 aromatic heterocycles. The highest BCUT2D eigenvalue weighted by Crippen LogP contribution is 2.43.